The predicted molar refractivity (Wildman–Crippen MR) is 87.2 cm³/mol. The van der Waals surface area contributed by atoms with Gasteiger partial charge in [0.05, 0.1) is 5.92 Å². The fourth-order valence-electron chi connectivity index (χ4n) is 2.79. The molecule has 0 bridgehead atoms. The molecule has 0 radical (unpaired) electrons. The van der Waals surface area contributed by atoms with E-state index in [2.05, 4.69) is 15.5 Å². The van der Waals surface area contributed by atoms with Crippen LogP contribution in [-0.2, 0) is 16.0 Å². The van der Waals surface area contributed by atoms with Crippen molar-refractivity contribution < 1.29 is 18.5 Å². The summed E-state index contributed by atoms with van der Waals surface area (Å²) in [6.45, 7) is 2.53. The molecule has 2 amide bonds. The Kier molecular flexibility index (Phi) is 5.06. The molecule has 1 atom stereocenters. The molecule has 1 aromatic heterocycles. The van der Waals surface area contributed by atoms with E-state index in [4.69, 9.17) is 4.52 Å². The molecule has 25 heavy (non-hydrogen) atoms. The highest BCUT2D eigenvalue weighted by Gasteiger charge is 2.34. The van der Waals surface area contributed by atoms with Gasteiger partial charge in [-0.05, 0) is 37.6 Å². The number of benzene rings is 1. The molecule has 1 fully saturated rings. The van der Waals surface area contributed by atoms with Crippen LogP contribution in [0.4, 0.5) is 10.1 Å². The minimum Gasteiger partial charge on any atom is -0.356 e. The fourth-order valence-corrected chi connectivity index (χ4v) is 2.79. The van der Waals surface area contributed by atoms with Crippen LogP contribution in [-0.4, -0.2) is 35.0 Å². The number of rotatable bonds is 6. The molecule has 1 aromatic carbocycles. The van der Waals surface area contributed by atoms with Crippen molar-refractivity contribution in [3.05, 3.63) is 41.8 Å². The Morgan fingerprint density at radius 3 is 2.84 bits per heavy atom. The minimum atomic E-state index is -0.400. The zero-order valence-corrected chi connectivity index (χ0v) is 13.9. The number of carbonyl (C=O) groups excluding carboxylic acids is 2. The van der Waals surface area contributed by atoms with Gasteiger partial charge in [0.1, 0.15) is 5.82 Å². The lowest BCUT2D eigenvalue weighted by Crippen LogP contribution is -2.33. The Bertz CT molecular complexity index is 760. The van der Waals surface area contributed by atoms with E-state index < -0.39 is 5.92 Å². The molecule has 2 aromatic rings. The second-order valence-corrected chi connectivity index (χ2v) is 6.01. The Morgan fingerprint density at radius 2 is 2.16 bits per heavy atom. The average Bonchev–Trinajstić information content (AvgIpc) is 3.18. The maximum absolute atomic E-state index is 13.0. The number of nitrogens with zero attached hydrogens (tertiary/aromatic N) is 3. The largest absolute Gasteiger partial charge is 0.356 e. The number of nitrogens with one attached hydrogen (secondary N) is 1. The molecule has 3 rings (SSSR count). The highest BCUT2D eigenvalue weighted by Crippen LogP contribution is 2.25. The number of carbonyl (C=O) groups is 2. The van der Waals surface area contributed by atoms with Crippen molar-refractivity contribution in [2.75, 3.05) is 18.0 Å². The molecule has 0 saturated carbocycles. The first-order valence-electron chi connectivity index (χ1n) is 8.16. The third-order valence-electron chi connectivity index (χ3n) is 4.07. The third-order valence-corrected chi connectivity index (χ3v) is 4.07. The summed E-state index contributed by atoms with van der Waals surface area (Å²) in [7, 11) is 0. The number of hydrogen-bond donors (Lipinski definition) is 1. The predicted octanol–water partition coefficient (Wildman–Crippen LogP) is 1.62. The number of amides is 2. The van der Waals surface area contributed by atoms with E-state index in [9.17, 15) is 14.0 Å². The molecule has 1 saturated heterocycles. The van der Waals surface area contributed by atoms with Crippen molar-refractivity contribution in [1.82, 2.24) is 15.5 Å². The van der Waals surface area contributed by atoms with Gasteiger partial charge in [0, 0.05) is 31.6 Å². The van der Waals surface area contributed by atoms with E-state index in [0.29, 0.717) is 43.3 Å². The SMILES string of the molecule is Cc1noc(CCCNC(=O)C2CC(=O)N(c3ccc(F)cc3)C2)n1. The highest BCUT2D eigenvalue weighted by atomic mass is 19.1. The summed E-state index contributed by atoms with van der Waals surface area (Å²) in [5.41, 5.74) is 0.605. The zero-order valence-electron chi connectivity index (χ0n) is 13.9. The van der Waals surface area contributed by atoms with Gasteiger partial charge < -0.3 is 14.7 Å². The first-order chi connectivity index (χ1) is 12.0. The molecule has 1 aliphatic rings. The zero-order chi connectivity index (χ0) is 17.8. The summed E-state index contributed by atoms with van der Waals surface area (Å²) >= 11 is 0. The first-order valence-corrected chi connectivity index (χ1v) is 8.16. The molecule has 1 unspecified atom stereocenters. The van der Waals surface area contributed by atoms with Crippen LogP contribution in [0.15, 0.2) is 28.8 Å². The first kappa shape index (κ1) is 17.1. The summed E-state index contributed by atoms with van der Waals surface area (Å²) in [5, 5.41) is 6.54. The van der Waals surface area contributed by atoms with Crippen LogP contribution in [0.5, 0.6) is 0 Å². The standard InChI is InChI=1S/C17H19FN4O3/c1-11-20-15(25-21-11)3-2-8-19-17(24)12-9-16(23)22(10-12)14-6-4-13(18)5-7-14/h4-7,12H,2-3,8-10H2,1H3,(H,19,24). The summed E-state index contributed by atoms with van der Waals surface area (Å²) in [4.78, 5) is 30.0. The monoisotopic (exact) mass is 346 g/mol. The minimum absolute atomic E-state index is 0.131. The van der Waals surface area contributed by atoms with E-state index >= 15 is 0 Å². The van der Waals surface area contributed by atoms with Gasteiger partial charge in [-0.3, -0.25) is 9.59 Å². The molecule has 0 aliphatic carbocycles. The molecular weight excluding hydrogens is 327 g/mol. The quantitative estimate of drug-likeness (QED) is 0.803. The Hall–Kier alpha value is -2.77. The molecule has 132 valence electrons. The van der Waals surface area contributed by atoms with Crippen LogP contribution in [0.2, 0.25) is 0 Å². The van der Waals surface area contributed by atoms with E-state index in [1.165, 1.54) is 17.0 Å². The molecule has 2 heterocycles. The second kappa shape index (κ2) is 7.42. The lowest BCUT2D eigenvalue weighted by Gasteiger charge is -2.16. The number of aromatic nitrogens is 2. The maximum atomic E-state index is 13.0. The number of hydrogen-bond acceptors (Lipinski definition) is 5. The van der Waals surface area contributed by atoms with E-state index in [1.807, 2.05) is 0 Å². The fraction of sp³-hybridized carbons (Fsp3) is 0.412. The van der Waals surface area contributed by atoms with Crippen LogP contribution >= 0.6 is 0 Å². The van der Waals surface area contributed by atoms with Crippen molar-refractivity contribution in [3.8, 4) is 0 Å². The van der Waals surface area contributed by atoms with Gasteiger partial charge in [0.15, 0.2) is 5.82 Å². The van der Waals surface area contributed by atoms with Crippen molar-refractivity contribution in [3.63, 3.8) is 0 Å². The average molecular weight is 346 g/mol. The Labute approximate surface area is 144 Å². The van der Waals surface area contributed by atoms with E-state index in [-0.39, 0.29) is 24.1 Å². The molecule has 1 aliphatic heterocycles. The van der Waals surface area contributed by atoms with Gasteiger partial charge >= 0.3 is 0 Å². The van der Waals surface area contributed by atoms with Gasteiger partial charge in [-0.1, -0.05) is 5.16 Å². The topological polar surface area (TPSA) is 88.3 Å². The second-order valence-electron chi connectivity index (χ2n) is 6.01. The van der Waals surface area contributed by atoms with Crippen LogP contribution in [0.25, 0.3) is 0 Å². The van der Waals surface area contributed by atoms with Gasteiger partial charge in [0.2, 0.25) is 17.7 Å². The third kappa shape index (κ3) is 4.20. The summed E-state index contributed by atoms with van der Waals surface area (Å²) in [6, 6.07) is 5.68. The Balaban J connectivity index is 1.46. The van der Waals surface area contributed by atoms with Gasteiger partial charge in [0.25, 0.3) is 0 Å². The van der Waals surface area contributed by atoms with Crippen LogP contribution in [0.3, 0.4) is 0 Å². The highest BCUT2D eigenvalue weighted by molar-refractivity contribution is 6.00. The normalized spacial score (nSPS) is 17.1. The van der Waals surface area contributed by atoms with Crippen molar-refractivity contribution >= 4 is 17.5 Å². The summed E-state index contributed by atoms with van der Waals surface area (Å²) in [6.07, 6.45) is 1.42. The van der Waals surface area contributed by atoms with Crippen molar-refractivity contribution in [2.45, 2.75) is 26.2 Å². The Morgan fingerprint density at radius 1 is 1.40 bits per heavy atom. The van der Waals surface area contributed by atoms with Crippen molar-refractivity contribution in [1.29, 1.82) is 0 Å². The molecule has 0 spiro atoms. The smallest absolute Gasteiger partial charge is 0.227 e. The number of halogens is 1. The summed E-state index contributed by atoms with van der Waals surface area (Å²) in [5.74, 6) is 0.0896. The van der Waals surface area contributed by atoms with Gasteiger partial charge in [-0.25, -0.2) is 4.39 Å². The van der Waals surface area contributed by atoms with Crippen molar-refractivity contribution in [2.24, 2.45) is 5.92 Å². The molecule has 7 nitrogen and oxygen atoms in total. The summed E-state index contributed by atoms with van der Waals surface area (Å²) < 4.78 is 18.0. The van der Waals surface area contributed by atoms with Gasteiger partial charge in [-0.15, -0.1) is 0 Å². The number of aryl methyl sites for hydroxylation is 2. The lowest BCUT2D eigenvalue weighted by molar-refractivity contribution is -0.126. The number of anilines is 1. The van der Waals surface area contributed by atoms with Crippen LogP contribution < -0.4 is 10.2 Å². The molecule has 8 heteroatoms. The maximum Gasteiger partial charge on any atom is 0.227 e. The van der Waals surface area contributed by atoms with E-state index in [0.717, 1.165) is 0 Å². The molecule has 1 N–H and O–H groups in total. The lowest BCUT2D eigenvalue weighted by atomic mass is 10.1. The van der Waals surface area contributed by atoms with Crippen LogP contribution in [0.1, 0.15) is 24.6 Å². The van der Waals surface area contributed by atoms with E-state index in [1.54, 1.807) is 19.1 Å². The van der Waals surface area contributed by atoms with Gasteiger partial charge in [-0.2, -0.15) is 4.98 Å². The molecular formula is C17H19FN4O3. The van der Waals surface area contributed by atoms with Crippen LogP contribution in [0, 0.1) is 18.7 Å².